The van der Waals surface area contributed by atoms with E-state index in [9.17, 15) is 0 Å². The fourth-order valence-electron chi connectivity index (χ4n) is 1.18. The predicted molar refractivity (Wildman–Crippen MR) is 49.8 cm³/mol. The van der Waals surface area contributed by atoms with Gasteiger partial charge in [0.2, 0.25) is 0 Å². The van der Waals surface area contributed by atoms with Crippen molar-refractivity contribution in [2.45, 2.75) is 33.0 Å². The Morgan fingerprint density at radius 1 is 1.30 bits per heavy atom. The molecule has 0 saturated carbocycles. The minimum atomic E-state index is -0.981. The Hall–Kier alpha value is -0.303. The molecule has 1 aliphatic carbocycles. The third-order valence-corrected chi connectivity index (χ3v) is 3.99. The van der Waals surface area contributed by atoms with Crippen molar-refractivity contribution in [2.75, 3.05) is 0 Å². The van der Waals surface area contributed by atoms with Gasteiger partial charge in [-0.3, -0.25) is 0 Å². The van der Waals surface area contributed by atoms with E-state index in [-0.39, 0.29) is 0 Å². The Kier molecular flexibility index (Phi) is 1.86. The SMILES string of the molecule is CC1=CC([Si](C)(C)C)=CC1. The average molecular weight is 152 g/mol. The van der Waals surface area contributed by atoms with Crippen LogP contribution in [0.2, 0.25) is 19.6 Å². The summed E-state index contributed by atoms with van der Waals surface area (Å²) in [5, 5.41) is 1.63. The maximum atomic E-state index is 2.40. The second-order valence-electron chi connectivity index (χ2n) is 4.10. The first-order valence-electron chi connectivity index (χ1n) is 3.88. The summed E-state index contributed by atoms with van der Waals surface area (Å²) in [5.41, 5.74) is 1.53. The van der Waals surface area contributed by atoms with Gasteiger partial charge >= 0.3 is 0 Å². The van der Waals surface area contributed by atoms with Crippen LogP contribution in [0.5, 0.6) is 0 Å². The predicted octanol–water partition coefficient (Wildman–Crippen LogP) is 3.14. The number of allylic oxidation sites excluding steroid dienone is 4. The van der Waals surface area contributed by atoms with Crippen LogP contribution in [0.1, 0.15) is 13.3 Å². The lowest BCUT2D eigenvalue weighted by molar-refractivity contribution is 1.25. The molecule has 0 aliphatic heterocycles. The van der Waals surface area contributed by atoms with E-state index in [2.05, 4.69) is 38.7 Å². The number of rotatable bonds is 1. The summed E-state index contributed by atoms with van der Waals surface area (Å²) in [7, 11) is -0.981. The van der Waals surface area contributed by atoms with Crippen LogP contribution < -0.4 is 0 Å². The largest absolute Gasteiger partial charge is 0.0812 e. The Morgan fingerprint density at radius 3 is 2.10 bits per heavy atom. The molecule has 0 nitrogen and oxygen atoms in total. The Bertz CT molecular complexity index is 191. The van der Waals surface area contributed by atoms with Gasteiger partial charge in [0.05, 0.1) is 8.07 Å². The highest BCUT2D eigenvalue weighted by molar-refractivity contribution is 6.83. The summed E-state index contributed by atoms with van der Waals surface area (Å²) >= 11 is 0. The van der Waals surface area contributed by atoms with Crippen molar-refractivity contribution in [1.82, 2.24) is 0 Å². The average Bonchev–Trinajstić information content (AvgIpc) is 2.11. The molecule has 0 fully saturated rings. The highest BCUT2D eigenvalue weighted by Gasteiger charge is 2.19. The molecule has 0 heterocycles. The molecular formula is C9H16Si. The first kappa shape index (κ1) is 7.80. The van der Waals surface area contributed by atoms with Crippen molar-refractivity contribution in [1.29, 1.82) is 0 Å². The van der Waals surface area contributed by atoms with Gasteiger partial charge in [-0.05, 0) is 13.3 Å². The molecule has 1 aliphatic rings. The van der Waals surface area contributed by atoms with Crippen molar-refractivity contribution >= 4 is 8.07 Å². The third-order valence-electron chi connectivity index (χ3n) is 1.91. The van der Waals surface area contributed by atoms with Gasteiger partial charge in [-0.1, -0.05) is 42.6 Å². The van der Waals surface area contributed by atoms with E-state index in [1.54, 1.807) is 5.20 Å². The molecule has 0 aromatic carbocycles. The molecule has 0 bridgehead atoms. The Morgan fingerprint density at radius 2 is 1.90 bits per heavy atom. The Balaban J connectivity index is 2.77. The molecule has 0 unspecified atom stereocenters. The van der Waals surface area contributed by atoms with Crippen molar-refractivity contribution in [3.8, 4) is 0 Å². The maximum absolute atomic E-state index is 2.40. The van der Waals surface area contributed by atoms with Gasteiger partial charge in [0.25, 0.3) is 0 Å². The van der Waals surface area contributed by atoms with Gasteiger partial charge in [-0.15, -0.1) is 0 Å². The maximum Gasteiger partial charge on any atom is 0.0771 e. The zero-order chi connectivity index (χ0) is 7.78. The molecule has 0 atom stereocenters. The van der Waals surface area contributed by atoms with E-state index in [0.29, 0.717) is 0 Å². The second-order valence-corrected chi connectivity index (χ2v) is 9.18. The molecule has 56 valence electrons. The van der Waals surface area contributed by atoms with Crippen LogP contribution >= 0.6 is 0 Å². The summed E-state index contributed by atoms with van der Waals surface area (Å²) in [4.78, 5) is 0. The van der Waals surface area contributed by atoms with Gasteiger partial charge in [-0.2, -0.15) is 0 Å². The highest BCUT2D eigenvalue weighted by Crippen LogP contribution is 2.24. The number of hydrogen-bond donors (Lipinski definition) is 0. The van der Waals surface area contributed by atoms with Crippen molar-refractivity contribution in [3.05, 3.63) is 22.9 Å². The molecule has 1 heteroatoms. The standard InChI is InChI=1S/C9H16Si/c1-8-5-6-9(7-8)10(2,3)4/h6-7H,5H2,1-4H3. The highest BCUT2D eigenvalue weighted by atomic mass is 28.3. The van der Waals surface area contributed by atoms with Crippen molar-refractivity contribution in [2.24, 2.45) is 0 Å². The van der Waals surface area contributed by atoms with E-state index in [1.165, 1.54) is 12.0 Å². The van der Waals surface area contributed by atoms with Crippen LogP contribution in [0, 0.1) is 0 Å². The van der Waals surface area contributed by atoms with E-state index in [4.69, 9.17) is 0 Å². The van der Waals surface area contributed by atoms with Crippen LogP contribution in [0.4, 0.5) is 0 Å². The minimum absolute atomic E-state index is 0.981. The molecule has 0 aromatic rings. The van der Waals surface area contributed by atoms with Gasteiger partial charge in [0, 0.05) is 0 Å². The molecule has 0 spiro atoms. The summed E-state index contributed by atoms with van der Waals surface area (Å²) in [6.07, 6.45) is 5.95. The fourth-order valence-corrected chi connectivity index (χ4v) is 2.57. The van der Waals surface area contributed by atoms with Crippen LogP contribution in [0.3, 0.4) is 0 Å². The molecule has 10 heavy (non-hydrogen) atoms. The first-order valence-corrected chi connectivity index (χ1v) is 7.38. The molecular weight excluding hydrogens is 136 g/mol. The quantitative estimate of drug-likeness (QED) is 0.506. The summed E-state index contributed by atoms with van der Waals surface area (Å²) in [6.45, 7) is 9.40. The van der Waals surface area contributed by atoms with E-state index in [0.717, 1.165) is 0 Å². The lowest BCUT2D eigenvalue weighted by Crippen LogP contribution is -2.21. The fraction of sp³-hybridized carbons (Fsp3) is 0.556. The van der Waals surface area contributed by atoms with Crippen LogP contribution in [0.15, 0.2) is 22.9 Å². The van der Waals surface area contributed by atoms with Gasteiger partial charge < -0.3 is 0 Å². The van der Waals surface area contributed by atoms with E-state index in [1.807, 2.05) is 0 Å². The topological polar surface area (TPSA) is 0 Å². The van der Waals surface area contributed by atoms with E-state index >= 15 is 0 Å². The smallest absolute Gasteiger partial charge is 0.0771 e. The van der Waals surface area contributed by atoms with Crippen molar-refractivity contribution < 1.29 is 0 Å². The monoisotopic (exact) mass is 152 g/mol. The Labute approximate surface area is 64.7 Å². The van der Waals surface area contributed by atoms with Crippen LogP contribution in [-0.4, -0.2) is 8.07 Å². The summed E-state index contributed by atoms with van der Waals surface area (Å²) in [5.74, 6) is 0. The molecule has 0 aromatic heterocycles. The number of hydrogen-bond acceptors (Lipinski definition) is 0. The lowest BCUT2D eigenvalue weighted by atomic mass is 10.3. The van der Waals surface area contributed by atoms with Gasteiger partial charge in [0.15, 0.2) is 0 Å². The normalized spacial score (nSPS) is 18.8. The zero-order valence-electron chi connectivity index (χ0n) is 7.36. The molecule has 0 N–H and O–H groups in total. The van der Waals surface area contributed by atoms with Crippen LogP contribution in [0.25, 0.3) is 0 Å². The molecule has 0 amide bonds. The van der Waals surface area contributed by atoms with Crippen LogP contribution in [-0.2, 0) is 0 Å². The first-order chi connectivity index (χ1) is 4.50. The molecule has 0 radical (unpaired) electrons. The minimum Gasteiger partial charge on any atom is -0.0812 e. The zero-order valence-corrected chi connectivity index (χ0v) is 8.36. The second kappa shape index (κ2) is 2.39. The third kappa shape index (κ3) is 1.60. The lowest BCUT2D eigenvalue weighted by Gasteiger charge is -2.15. The molecule has 0 saturated heterocycles. The van der Waals surface area contributed by atoms with Gasteiger partial charge in [-0.25, -0.2) is 0 Å². The van der Waals surface area contributed by atoms with Crippen molar-refractivity contribution in [3.63, 3.8) is 0 Å². The summed E-state index contributed by atoms with van der Waals surface area (Å²) in [6, 6.07) is 0. The van der Waals surface area contributed by atoms with E-state index < -0.39 is 8.07 Å². The summed E-state index contributed by atoms with van der Waals surface area (Å²) < 4.78 is 0. The molecule has 1 rings (SSSR count). The van der Waals surface area contributed by atoms with Gasteiger partial charge in [0.1, 0.15) is 0 Å².